The fraction of sp³-hybridized carbons (Fsp3) is 0. The molecule has 0 saturated heterocycles. The molecule has 166 valence electrons. The number of aromatic nitrogens is 1. The first-order valence-electron chi connectivity index (χ1n) is 10.8. The lowest BCUT2D eigenvalue weighted by molar-refractivity contribution is -0.485. The second kappa shape index (κ2) is 7.45. The van der Waals surface area contributed by atoms with E-state index in [2.05, 4.69) is 95.4 Å². The summed E-state index contributed by atoms with van der Waals surface area (Å²) in [5.41, 5.74) is 6.83. The van der Waals surface area contributed by atoms with Crippen molar-refractivity contribution < 1.29 is 26.1 Å². The third-order valence-corrected chi connectivity index (χ3v) is 6.07. The van der Waals surface area contributed by atoms with Gasteiger partial charge in [-0.25, -0.2) is 0 Å². The normalized spacial score (nSPS) is 12.1. The molecule has 7 rings (SSSR count). The Labute approximate surface area is 191 Å². The van der Waals surface area contributed by atoms with E-state index in [4.69, 9.17) is 4.42 Å². The molecule has 6 aromatic rings. The fourth-order valence-corrected chi connectivity index (χ4v) is 4.84. The van der Waals surface area contributed by atoms with Crippen LogP contribution in [0, 0.1) is 0 Å². The first-order valence-corrected chi connectivity index (χ1v) is 10.8. The Bertz CT molecular complexity index is 1720. The van der Waals surface area contributed by atoms with Gasteiger partial charge in [0.05, 0.1) is 17.2 Å². The number of hydrogen-bond donors (Lipinski definition) is 0. The number of hydrogen-bond acceptors (Lipinski definition) is 1. The van der Waals surface area contributed by atoms with Crippen LogP contribution in [-0.4, -0.2) is 7.25 Å². The Kier molecular flexibility index (Phi) is 4.49. The van der Waals surface area contributed by atoms with Gasteiger partial charge in [0.1, 0.15) is 0 Å². The van der Waals surface area contributed by atoms with Gasteiger partial charge in [0.25, 0.3) is 5.69 Å². The molecule has 7 heteroatoms. The molecule has 2 aromatic heterocycles. The number of nitrogens with zero attached hydrogens (tertiary/aromatic N) is 1. The minimum Gasteiger partial charge on any atom is -0.418 e. The molecule has 34 heavy (non-hydrogen) atoms. The lowest BCUT2D eigenvalue weighted by Gasteiger charge is -2.08. The van der Waals surface area contributed by atoms with Crippen LogP contribution in [0.2, 0.25) is 0 Å². The Morgan fingerprint density at radius 1 is 0.588 bits per heavy atom. The van der Waals surface area contributed by atoms with E-state index >= 15 is 0 Å². The van der Waals surface area contributed by atoms with Crippen molar-refractivity contribution in [1.29, 1.82) is 0 Å². The lowest BCUT2D eigenvalue weighted by Crippen LogP contribution is -2.20. The van der Waals surface area contributed by atoms with E-state index in [9.17, 15) is 17.3 Å². The molecule has 0 bridgehead atoms. The van der Waals surface area contributed by atoms with Gasteiger partial charge >= 0.3 is 13.0 Å². The third kappa shape index (κ3) is 3.24. The van der Waals surface area contributed by atoms with Gasteiger partial charge in [-0.1, -0.05) is 60.7 Å². The van der Waals surface area contributed by atoms with Crippen LogP contribution in [-0.2, 0) is 0 Å². The van der Waals surface area contributed by atoms with Gasteiger partial charge in [-0.05, 0) is 45.8 Å². The van der Waals surface area contributed by atoms with Gasteiger partial charge in [-0.2, -0.15) is 0 Å². The topological polar surface area (TPSA) is 17.2 Å². The molecule has 0 saturated carbocycles. The van der Waals surface area contributed by atoms with E-state index in [0.29, 0.717) is 0 Å². The average molecular weight is 457 g/mol. The zero-order valence-corrected chi connectivity index (χ0v) is 17.7. The third-order valence-electron chi connectivity index (χ3n) is 6.07. The quantitative estimate of drug-likeness (QED) is 0.106. The number of fused-ring (bicyclic) bond motifs is 6. The van der Waals surface area contributed by atoms with Gasteiger partial charge in [-0.3, -0.25) is 0 Å². The van der Waals surface area contributed by atoms with Gasteiger partial charge in [0, 0.05) is 11.6 Å². The molecule has 2 nitrogen and oxygen atoms in total. The number of rotatable bonds is 1. The van der Waals surface area contributed by atoms with Crippen LogP contribution in [0.4, 0.5) is 17.3 Å². The number of benzene rings is 4. The minimum absolute atomic E-state index is 0.876. The molecule has 0 aliphatic carbocycles. The molecule has 0 unspecified atom stereocenters. The Balaban J connectivity index is 0.000000398. The molecule has 0 fully saturated rings. The number of oxazole rings is 1. The van der Waals surface area contributed by atoms with E-state index in [1.807, 2.05) is 6.07 Å². The predicted molar refractivity (Wildman–Crippen MR) is 127 cm³/mol. The Morgan fingerprint density at radius 2 is 1.21 bits per heavy atom. The van der Waals surface area contributed by atoms with Crippen molar-refractivity contribution in [3.63, 3.8) is 0 Å². The van der Waals surface area contributed by atoms with Crippen molar-refractivity contribution in [2.24, 2.45) is 0 Å². The van der Waals surface area contributed by atoms with E-state index in [-0.39, 0.29) is 0 Å². The maximum absolute atomic E-state index is 9.75. The molecule has 0 spiro atoms. The largest absolute Gasteiger partial charge is 0.673 e. The smallest absolute Gasteiger partial charge is 0.418 e. The monoisotopic (exact) mass is 457 g/mol. The highest BCUT2D eigenvalue weighted by molar-refractivity contribution is 6.50. The first-order chi connectivity index (χ1) is 16.4. The second-order valence-corrected chi connectivity index (χ2v) is 8.10. The zero-order valence-electron chi connectivity index (χ0n) is 17.7. The maximum Gasteiger partial charge on any atom is 0.673 e. The van der Waals surface area contributed by atoms with Crippen LogP contribution in [0.5, 0.6) is 0 Å². The van der Waals surface area contributed by atoms with Crippen molar-refractivity contribution in [3.8, 4) is 33.8 Å². The van der Waals surface area contributed by atoms with E-state index in [0.717, 1.165) is 22.7 Å². The zero-order chi connectivity index (χ0) is 23.4. The van der Waals surface area contributed by atoms with Crippen molar-refractivity contribution in [2.45, 2.75) is 0 Å². The van der Waals surface area contributed by atoms with Gasteiger partial charge in [0.2, 0.25) is 11.5 Å². The standard InChI is InChI=1S/C27H16NO.BF4/c1-2-9-18-17(8-1)16-23(20-11-4-3-10-19(18)20)27-26-22-13-6-5-12-21(22)24-14-7-15-25(29-27)28(24)26;2-1(3,4)5/h1-16H;/q+1;-1. The lowest BCUT2D eigenvalue weighted by atomic mass is 9.94. The molecule has 3 heterocycles. The summed E-state index contributed by atoms with van der Waals surface area (Å²) in [5, 5.41) is 4.97. The van der Waals surface area contributed by atoms with Gasteiger partial charge in [0.15, 0.2) is 0 Å². The van der Waals surface area contributed by atoms with Crippen molar-refractivity contribution in [1.82, 2.24) is 0 Å². The predicted octanol–water partition coefficient (Wildman–Crippen LogP) is 7.94. The molecule has 0 N–H and O–H groups in total. The molecule has 0 amide bonds. The minimum atomic E-state index is -6.00. The summed E-state index contributed by atoms with van der Waals surface area (Å²) in [6, 6.07) is 34.3. The maximum atomic E-state index is 9.75. The van der Waals surface area contributed by atoms with Crippen LogP contribution in [0.25, 0.3) is 61.1 Å². The summed E-state index contributed by atoms with van der Waals surface area (Å²) >= 11 is 0. The van der Waals surface area contributed by atoms with Crippen molar-refractivity contribution >= 4 is 34.5 Å². The highest BCUT2D eigenvalue weighted by Gasteiger charge is 2.37. The molecule has 0 radical (unpaired) electrons. The molecule has 1 aliphatic heterocycles. The highest BCUT2D eigenvalue weighted by atomic mass is 19.5. The number of pyridine rings is 1. The molecule has 4 aromatic carbocycles. The summed E-state index contributed by atoms with van der Waals surface area (Å²) in [5.74, 6) is 0.935. The molecular weight excluding hydrogens is 441 g/mol. The van der Waals surface area contributed by atoms with E-state index < -0.39 is 7.25 Å². The van der Waals surface area contributed by atoms with Crippen LogP contribution < -0.4 is 4.40 Å². The summed E-state index contributed by atoms with van der Waals surface area (Å²) < 4.78 is 47.7. The Hall–Kier alpha value is -4.13. The summed E-state index contributed by atoms with van der Waals surface area (Å²) in [6.45, 7) is 0. The van der Waals surface area contributed by atoms with Crippen molar-refractivity contribution in [3.05, 3.63) is 97.1 Å². The SMILES string of the molecule is F[B-](F)(F)F.c1ccc2c(c1)-c1cccc3oc(-c4cc5ccccc5c5ccccc45)c-2[n+]13. The average Bonchev–Trinajstić information content (AvgIpc) is 3.38. The Morgan fingerprint density at radius 3 is 1.97 bits per heavy atom. The fourth-order valence-electron chi connectivity index (χ4n) is 4.84. The summed E-state index contributed by atoms with van der Waals surface area (Å²) in [4.78, 5) is 0. The molecular formula is C27H16BF4NO. The molecule has 0 atom stereocenters. The number of halogens is 4. The van der Waals surface area contributed by atoms with Gasteiger partial charge < -0.3 is 21.7 Å². The van der Waals surface area contributed by atoms with Crippen molar-refractivity contribution in [2.75, 3.05) is 0 Å². The van der Waals surface area contributed by atoms with Gasteiger partial charge in [-0.15, -0.1) is 4.40 Å². The first kappa shape index (κ1) is 20.5. The van der Waals surface area contributed by atoms with Crippen LogP contribution in [0.15, 0.2) is 101 Å². The highest BCUT2D eigenvalue weighted by Crippen LogP contribution is 2.44. The van der Waals surface area contributed by atoms with E-state index in [1.54, 1.807) is 0 Å². The second-order valence-electron chi connectivity index (χ2n) is 8.10. The van der Waals surface area contributed by atoms with Crippen LogP contribution >= 0.6 is 0 Å². The van der Waals surface area contributed by atoms with Crippen LogP contribution in [0.1, 0.15) is 0 Å². The summed E-state index contributed by atoms with van der Waals surface area (Å²) in [7, 11) is -6.00. The van der Waals surface area contributed by atoms with E-state index in [1.165, 1.54) is 38.4 Å². The summed E-state index contributed by atoms with van der Waals surface area (Å²) in [6.07, 6.45) is 0. The van der Waals surface area contributed by atoms with Crippen LogP contribution in [0.3, 0.4) is 0 Å². The molecule has 1 aliphatic rings.